The highest BCUT2D eigenvalue weighted by Crippen LogP contribution is 2.06. The molecular formula is C9H22N4O2S. The lowest BCUT2D eigenvalue weighted by Gasteiger charge is -2.33. The van der Waals surface area contributed by atoms with E-state index in [4.69, 9.17) is 5.73 Å². The fourth-order valence-corrected chi connectivity index (χ4v) is 2.97. The number of rotatable bonds is 6. The quantitative estimate of drug-likeness (QED) is 0.621. The van der Waals surface area contributed by atoms with Gasteiger partial charge in [-0.05, 0) is 19.5 Å². The number of nitrogens with one attached hydrogen (secondary N) is 1. The van der Waals surface area contributed by atoms with Crippen LogP contribution in [0.4, 0.5) is 0 Å². The maximum Gasteiger partial charge on any atom is 0.279 e. The second-order valence-electron chi connectivity index (χ2n) is 3.89. The van der Waals surface area contributed by atoms with Gasteiger partial charge in [0.25, 0.3) is 10.2 Å². The van der Waals surface area contributed by atoms with Crippen LogP contribution in [0.25, 0.3) is 0 Å². The minimum Gasteiger partial charge on any atom is -0.330 e. The number of hydrogen-bond acceptors (Lipinski definition) is 4. The molecule has 1 heterocycles. The molecule has 0 aromatic rings. The first kappa shape index (κ1) is 13.9. The first-order valence-electron chi connectivity index (χ1n) is 5.77. The molecule has 0 atom stereocenters. The number of hydrogen-bond donors (Lipinski definition) is 2. The Labute approximate surface area is 98.0 Å². The monoisotopic (exact) mass is 250 g/mol. The van der Waals surface area contributed by atoms with E-state index in [1.165, 1.54) is 4.31 Å². The van der Waals surface area contributed by atoms with Crippen molar-refractivity contribution in [2.24, 2.45) is 5.73 Å². The molecule has 1 fully saturated rings. The number of piperazine rings is 1. The highest BCUT2D eigenvalue weighted by atomic mass is 32.2. The largest absolute Gasteiger partial charge is 0.330 e. The second-order valence-corrected chi connectivity index (χ2v) is 5.64. The van der Waals surface area contributed by atoms with Crippen LogP contribution in [0.2, 0.25) is 0 Å². The molecule has 6 nitrogen and oxygen atoms in total. The molecule has 3 N–H and O–H groups in total. The van der Waals surface area contributed by atoms with E-state index in [0.717, 1.165) is 26.1 Å². The topological polar surface area (TPSA) is 78.7 Å². The molecule has 96 valence electrons. The summed E-state index contributed by atoms with van der Waals surface area (Å²) in [6.07, 6.45) is 0.972. The van der Waals surface area contributed by atoms with E-state index >= 15 is 0 Å². The van der Waals surface area contributed by atoms with E-state index in [1.54, 1.807) is 6.92 Å². The fourth-order valence-electron chi connectivity index (χ4n) is 1.78. The van der Waals surface area contributed by atoms with E-state index in [2.05, 4.69) is 9.62 Å². The zero-order valence-electron chi connectivity index (χ0n) is 9.85. The Balaban J connectivity index is 2.37. The van der Waals surface area contributed by atoms with E-state index in [0.29, 0.717) is 26.2 Å². The summed E-state index contributed by atoms with van der Waals surface area (Å²) in [5.41, 5.74) is 5.44. The molecule has 7 heteroatoms. The predicted molar refractivity (Wildman–Crippen MR) is 64.3 cm³/mol. The third-order valence-electron chi connectivity index (χ3n) is 2.68. The summed E-state index contributed by atoms with van der Waals surface area (Å²) in [6.45, 7) is 6.61. The van der Waals surface area contributed by atoms with Crippen molar-refractivity contribution in [3.8, 4) is 0 Å². The van der Waals surface area contributed by atoms with Gasteiger partial charge in [0.1, 0.15) is 0 Å². The molecule has 0 aromatic carbocycles. The van der Waals surface area contributed by atoms with Gasteiger partial charge in [-0.3, -0.25) is 0 Å². The summed E-state index contributed by atoms with van der Waals surface area (Å²) in [5, 5.41) is 0. The average Bonchev–Trinajstić information content (AvgIpc) is 2.27. The zero-order chi connectivity index (χ0) is 12.0. The van der Waals surface area contributed by atoms with Gasteiger partial charge in [0.2, 0.25) is 0 Å². The summed E-state index contributed by atoms with van der Waals surface area (Å²) < 4.78 is 27.4. The van der Waals surface area contributed by atoms with Crippen molar-refractivity contribution in [2.75, 3.05) is 45.8 Å². The molecular weight excluding hydrogens is 228 g/mol. The normalized spacial score (nSPS) is 20.1. The lowest BCUT2D eigenvalue weighted by molar-refractivity contribution is 0.186. The van der Waals surface area contributed by atoms with Crippen molar-refractivity contribution in [3.05, 3.63) is 0 Å². The summed E-state index contributed by atoms with van der Waals surface area (Å²) in [6, 6.07) is 0. The van der Waals surface area contributed by atoms with Crippen molar-refractivity contribution in [1.29, 1.82) is 0 Å². The molecule has 0 radical (unpaired) electrons. The van der Waals surface area contributed by atoms with Gasteiger partial charge >= 0.3 is 0 Å². The Hall–Kier alpha value is -0.210. The fraction of sp³-hybridized carbons (Fsp3) is 1.00. The third kappa shape index (κ3) is 3.99. The van der Waals surface area contributed by atoms with E-state index in [-0.39, 0.29) is 0 Å². The standard InChI is InChI=1S/C9H22N4O2S/c1-2-11-16(14,15)13-8-6-12(7-9-13)5-3-4-10/h11H,2-10H2,1H3. The lowest BCUT2D eigenvalue weighted by Crippen LogP contribution is -2.52. The van der Waals surface area contributed by atoms with Gasteiger partial charge in [0, 0.05) is 32.7 Å². The van der Waals surface area contributed by atoms with Crippen LogP contribution in [0, 0.1) is 0 Å². The summed E-state index contributed by atoms with van der Waals surface area (Å²) in [5.74, 6) is 0. The van der Waals surface area contributed by atoms with Crippen LogP contribution in [-0.2, 0) is 10.2 Å². The zero-order valence-corrected chi connectivity index (χ0v) is 10.7. The highest BCUT2D eigenvalue weighted by molar-refractivity contribution is 7.87. The van der Waals surface area contributed by atoms with Gasteiger partial charge in [-0.2, -0.15) is 12.7 Å². The summed E-state index contributed by atoms with van der Waals surface area (Å²) in [7, 11) is -3.25. The van der Waals surface area contributed by atoms with E-state index in [9.17, 15) is 8.42 Å². The Morgan fingerprint density at radius 1 is 1.25 bits per heavy atom. The van der Waals surface area contributed by atoms with Crippen molar-refractivity contribution in [2.45, 2.75) is 13.3 Å². The Bertz CT molecular complexity index is 286. The van der Waals surface area contributed by atoms with E-state index in [1.807, 2.05) is 0 Å². The molecule has 0 aliphatic carbocycles. The highest BCUT2D eigenvalue weighted by Gasteiger charge is 2.25. The Morgan fingerprint density at radius 2 is 1.88 bits per heavy atom. The van der Waals surface area contributed by atoms with Gasteiger partial charge in [-0.25, -0.2) is 4.72 Å². The smallest absolute Gasteiger partial charge is 0.279 e. The van der Waals surface area contributed by atoms with Crippen molar-refractivity contribution in [1.82, 2.24) is 13.9 Å². The SMILES string of the molecule is CCNS(=O)(=O)N1CCN(CCCN)CC1. The van der Waals surface area contributed by atoms with Gasteiger partial charge in [-0.15, -0.1) is 0 Å². The molecule has 1 rings (SSSR count). The van der Waals surface area contributed by atoms with Gasteiger partial charge in [-0.1, -0.05) is 6.92 Å². The van der Waals surface area contributed by atoms with Crippen molar-refractivity contribution >= 4 is 10.2 Å². The van der Waals surface area contributed by atoms with Crippen molar-refractivity contribution < 1.29 is 8.42 Å². The molecule has 16 heavy (non-hydrogen) atoms. The second kappa shape index (κ2) is 6.51. The first-order valence-corrected chi connectivity index (χ1v) is 7.21. The van der Waals surface area contributed by atoms with Crippen LogP contribution in [0.1, 0.15) is 13.3 Å². The lowest BCUT2D eigenvalue weighted by atomic mass is 10.3. The molecule has 1 saturated heterocycles. The Kier molecular flexibility index (Phi) is 5.63. The first-order chi connectivity index (χ1) is 7.60. The maximum absolute atomic E-state index is 11.7. The van der Waals surface area contributed by atoms with Gasteiger partial charge < -0.3 is 10.6 Å². The minimum atomic E-state index is -3.25. The molecule has 1 aliphatic heterocycles. The van der Waals surface area contributed by atoms with Crippen LogP contribution in [0.15, 0.2) is 0 Å². The van der Waals surface area contributed by atoms with Crippen LogP contribution in [0.3, 0.4) is 0 Å². The van der Waals surface area contributed by atoms with Gasteiger partial charge in [0.05, 0.1) is 0 Å². The third-order valence-corrected chi connectivity index (χ3v) is 4.37. The molecule has 0 aromatic heterocycles. The summed E-state index contributed by atoms with van der Waals surface area (Å²) in [4.78, 5) is 2.25. The molecule has 0 unspecified atom stereocenters. The maximum atomic E-state index is 11.7. The molecule has 0 amide bonds. The van der Waals surface area contributed by atoms with Crippen LogP contribution in [0.5, 0.6) is 0 Å². The predicted octanol–water partition coefficient (Wildman–Crippen LogP) is -1.19. The van der Waals surface area contributed by atoms with E-state index < -0.39 is 10.2 Å². The van der Waals surface area contributed by atoms with Gasteiger partial charge in [0.15, 0.2) is 0 Å². The molecule has 1 aliphatic rings. The summed E-state index contributed by atoms with van der Waals surface area (Å²) >= 11 is 0. The number of nitrogens with zero attached hydrogens (tertiary/aromatic N) is 2. The minimum absolute atomic E-state index is 0.440. The van der Waals surface area contributed by atoms with Crippen molar-refractivity contribution in [3.63, 3.8) is 0 Å². The molecule has 0 spiro atoms. The molecule has 0 saturated carbocycles. The average molecular weight is 250 g/mol. The van der Waals surface area contributed by atoms with Crippen LogP contribution in [-0.4, -0.2) is 63.4 Å². The van der Waals surface area contributed by atoms with Crippen LogP contribution >= 0.6 is 0 Å². The Morgan fingerprint density at radius 3 is 2.38 bits per heavy atom. The number of nitrogens with two attached hydrogens (primary N) is 1. The molecule has 0 bridgehead atoms. The van der Waals surface area contributed by atoms with Crippen LogP contribution < -0.4 is 10.5 Å².